The molecule has 0 saturated heterocycles. The van der Waals surface area contributed by atoms with E-state index < -0.39 is 0 Å². The number of rotatable bonds is 1. The minimum Gasteiger partial charge on any atom is -0.397 e. The van der Waals surface area contributed by atoms with Crippen LogP contribution < -0.4 is 11.1 Å². The van der Waals surface area contributed by atoms with Crippen molar-refractivity contribution in [1.82, 2.24) is 10.3 Å². The van der Waals surface area contributed by atoms with Crippen LogP contribution in [0.1, 0.15) is 16.1 Å². The van der Waals surface area contributed by atoms with Gasteiger partial charge in [0.2, 0.25) is 0 Å². The highest BCUT2D eigenvalue weighted by molar-refractivity contribution is 7.21. The minimum absolute atomic E-state index is 0.808. The zero-order valence-corrected chi connectivity index (χ0v) is 10.7. The van der Waals surface area contributed by atoms with Crippen molar-refractivity contribution in [3.05, 3.63) is 22.2 Å². The quantitative estimate of drug-likeness (QED) is 0.807. The molecule has 1 aliphatic rings. The fourth-order valence-electron chi connectivity index (χ4n) is 2.20. The Hall–Kier alpha value is -1.62. The van der Waals surface area contributed by atoms with Crippen molar-refractivity contribution in [2.45, 2.75) is 13.8 Å². The van der Waals surface area contributed by atoms with Crippen LogP contribution in [0, 0.1) is 13.8 Å². The molecule has 0 bridgehead atoms. The molecule has 0 saturated carbocycles. The fraction of sp³-hybridized carbons (Fsp3) is 0.333. The van der Waals surface area contributed by atoms with E-state index in [1.165, 1.54) is 5.56 Å². The van der Waals surface area contributed by atoms with Crippen LogP contribution in [-0.2, 0) is 0 Å². The zero-order chi connectivity index (χ0) is 12.0. The molecular formula is C12H14N4S. The molecule has 0 spiro atoms. The van der Waals surface area contributed by atoms with Crippen LogP contribution in [0.3, 0.4) is 0 Å². The predicted octanol–water partition coefficient (Wildman–Crippen LogP) is 1.85. The van der Waals surface area contributed by atoms with Crippen molar-refractivity contribution in [2.24, 2.45) is 4.99 Å². The highest BCUT2D eigenvalue weighted by Gasteiger charge is 2.18. The summed E-state index contributed by atoms with van der Waals surface area (Å²) >= 11 is 1.62. The van der Waals surface area contributed by atoms with Gasteiger partial charge in [-0.25, -0.2) is 4.98 Å². The maximum absolute atomic E-state index is 6.22. The average Bonchev–Trinajstić information content (AvgIpc) is 2.85. The van der Waals surface area contributed by atoms with E-state index in [0.29, 0.717) is 0 Å². The van der Waals surface area contributed by atoms with E-state index in [9.17, 15) is 0 Å². The maximum Gasteiger partial charge on any atom is 0.140 e. The number of nitrogens with one attached hydrogen (secondary N) is 1. The number of aliphatic imine (C=N–C) groups is 1. The third-order valence-electron chi connectivity index (χ3n) is 2.91. The first-order chi connectivity index (χ1) is 8.16. The smallest absolute Gasteiger partial charge is 0.140 e. The molecule has 0 radical (unpaired) electrons. The van der Waals surface area contributed by atoms with E-state index in [1.54, 1.807) is 11.3 Å². The molecule has 0 unspecified atom stereocenters. The number of nitrogens with two attached hydrogens (primary N) is 1. The van der Waals surface area contributed by atoms with E-state index in [0.717, 1.165) is 45.4 Å². The van der Waals surface area contributed by atoms with Crippen LogP contribution in [0.25, 0.3) is 10.2 Å². The van der Waals surface area contributed by atoms with Crippen molar-refractivity contribution < 1.29 is 0 Å². The van der Waals surface area contributed by atoms with Gasteiger partial charge in [-0.1, -0.05) is 0 Å². The zero-order valence-electron chi connectivity index (χ0n) is 9.87. The van der Waals surface area contributed by atoms with Crippen LogP contribution in [0.4, 0.5) is 5.69 Å². The second-order valence-electron chi connectivity index (χ2n) is 4.26. The number of nitrogen functional groups attached to an aromatic ring is 1. The Morgan fingerprint density at radius 3 is 2.94 bits per heavy atom. The number of thiophene rings is 1. The van der Waals surface area contributed by atoms with Crippen LogP contribution in [-0.4, -0.2) is 23.9 Å². The van der Waals surface area contributed by atoms with Crippen molar-refractivity contribution in [3.8, 4) is 0 Å². The molecule has 2 aromatic heterocycles. The van der Waals surface area contributed by atoms with Gasteiger partial charge in [-0.05, 0) is 25.5 Å². The van der Waals surface area contributed by atoms with Gasteiger partial charge in [0, 0.05) is 17.6 Å². The highest BCUT2D eigenvalue weighted by Crippen LogP contribution is 2.35. The second-order valence-corrected chi connectivity index (χ2v) is 5.26. The van der Waals surface area contributed by atoms with Gasteiger partial charge < -0.3 is 11.1 Å². The molecule has 3 heterocycles. The first-order valence-corrected chi connectivity index (χ1v) is 6.43. The van der Waals surface area contributed by atoms with Gasteiger partial charge in [-0.2, -0.15) is 0 Å². The number of hydrogen-bond acceptors (Lipinski definition) is 5. The van der Waals surface area contributed by atoms with Crippen LogP contribution in [0.5, 0.6) is 0 Å². The van der Waals surface area contributed by atoms with Gasteiger partial charge in [0.05, 0.1) is 17.1 Å². The molecule has 88 valence electrons. The van der Waals surface area contributed by atoms with Crippen molar-refractivity contribution >= 4 is 33.1 Å². The van der Waals surface area contributed by atoms with E-state index in [4.69, 9.17) is 5.73 Å². The summed E-state index contributed by atoms with van der Waals surface area (Å²) in [5.41, 5.74) is 9.25. The monoisotopic (exact) mass is 246 g/mol. The Labute approximate surface area is 104 Å². The van der Waals surface area contributed by atoms with Gasteiger partial charge in [0.15, 0.2) is 0 Å². The molecule has 5 heteroatoms. The lowest BCUT2D eigenvalue weighted by Gasteiger charge is -2.01. The largest absolute Gasteiger partial charge is 0.397 e. The van der Waals surface area contributed by atoms with E-state index >= 15 is 0 Å². The topological polar surface area (TPSA) is 63.3 Å². The number of fused-ring (bicyclic) bond motifs is 1. The summed E-state index contributed by atoms with van der Waals surface area (Å²) in [6.07, 6.45) is 0. The number of nitrogens with zero attached hydrogens (tertiary/aromatic N) is 2. The Morgan fingerprint density at radius 2 is 2.24 bits per heavy atom. The third kappa shape index (κ3) is 1.58. The molecule has 0 aliphatic carbocycles. The third-order valence-corrected chi connectivity index (χ3v) is 4.02. The Balaban J connectivity index is 2.28. The normalized spacial score (nSPS) is 15.1. The van der Waals surface area contributed by atoms with Crippen molar-refractivity contribution in [1.29, 1.82) is 0 Å². The summed E-state index contributed by atoms with van der Waals surface area (Å²) in [4.78, 5) is 11.0. The van der Waals surface area contributed by atoms with Gasteiger partial charge in [-0.15, -0.1) is 11.3 Å². The summed E-state index contributed by atoms with van der Waals surface area (Å²) in [6.45, 7) is 5.81. The predicted molar refractivity (Wildman–Crippen MR) is 72.9 cm³/mol. The van der Waals surface area contributed by atoms with E-state index in [2.05, 4.69) is 28.3 Å². The minimum atomic E-state index is 0.808. The molecule has 0 atom stereocenters. The van der Waals surface area contributed by atoms with Gasteiger partial charge in [-0.3, -0.25) is 4.99 Å². The number of hydrogen-bond donors (Lipinski definition) is 2. The SMILES string of the molecule is Cc1cc(C)c2c(N)c(C3=NCCN3)sc2n1. The molecule has 3 N–H and O–H groups in total. The van der Waals surface area contributed by atoms with E-state index in [-0.39, 0.29) is 0 Å². The lowest BCUT2D eigenvalue weighted by Crippen LogP contribution is -2.19. The van der Waals surface area contributed by atoms with Crippen LogP contribution in [0.15, 0.2) is 11.1 Å². The number of amidine groups is 1. The Morgan fingerprint density at radius 1 is 1.41 bits per heavy atom. The summed E-state index contributed by atoms with van der Waals surface area (Å²) < 4.78 is 0. The highest BCUT2D eigenvalue weighted by atomic mass is 32.1. The summed E-state index contributed by atoms with van der Waals surface area (Å²) in [5.74, 6) is 0.919. The molecule has 0 fully saturated rings. The van der Waals surface area contributed by atoms with E-state index in [1.807, 2.05) is 6.92 Å². The molecule has 2 aromatic rings. The van der Waals surface area contributed by atoms with Gasteiger partial charge in [0.1, 0.15) is 10.7 Å². The first-order valence-electron chi connectivity index (χ1n) is 5.61. The number of aromatic nitrogens is 1. The van der Waals surface area contributed by atoms with Gasteiger partial charge in [0.25, 0.3) is 0 Å². The van der Waals surface area contributed by atoms with Crippen LogP contribution >= 0.6 is 11.3 Å². The molecule has 3 rings (SSSR count). The average molecular weight is 246 g/mol. The maximum atomic E-state index is 6.22. The molecule has 0 amide bonds. The number of anilines is 1. The van der Waals surface area contributed by atoms with Crippen molar-refractivity contribution in [3.63, 3.8) is 0 Å². The number of aryl methyl sites for hydroxylation is 2. The fourth-order valence-corrected chi connectivity index (χ4v) is 3.40. The molecule has 17 heavy (non-hydrogen) atoms. The first kappa shape index (κ1) is 10.5. The molecule has 1 aliphatic heterocycles. The molecule has 4 nitrogen and oxygen atoms in total. The lowest BCUT2D eigenvalue weighted by atomic mass is 10.1. The lowest BCUT2D eigenvalue weighted by molar-refractivity contribution is 0.961. The summed E-state index contributed by atoms with van der Waals surface area (Å²) in [7, 11) is 0. The van der Waals surface area contributed by atoms with Gasteiger partial charge >= 0.3 is 0 Å². The Bertz CT molecular complexity index is 627. The summed E-state index contributed by atoms with van der Waals surface area (Å²) in [5, 5.41) is 4.34. The second kappa shape index (κ2) is 3.70. The number of pyridine rings is 1. The molecular weight excluding hydrogens is 232 g/mol. The van der Waals surface area contributed by atoms with Crippen molar-refractivity contribution in [2.75, 3.05) is 18.8 Å². The standard InChI is InChI=1S/C12H14N4S/c1-6-5-7(2)16-12-8(6)9(13)10(17-12)11-14-3-4-15-11/h5H,3-4,13H2,1-2H3,(H,14,15). The summed E-state index contributed by atoms with van der Waals surface area (Å²) in [6, 6.07) is 2.07. The molecule has 0 aromatic carbocycles. The van der Waals surface area contributed by atoms with Crippen LogP contribution in [0.2, 0.25) is 0 Å². The Kier molecular flexibility index (Phi) is 2.29.